The lowest BCUT2D eigenvalue weighted by molar-refractivity contribution is -0.141. The van der Waals surface area contributed by atoms with Crippen molar-refractivity contribution >= 4 is 5.97 Å². The fourth-order valence-electron chi connectivity index (χ4n) is 9.20. The summed E-state index contributed by atoms with van der Waals surface area (Å²) in [5.74, 6) is 5.71. The Kier molecular flexibility index (Phi) is 5.89. The molecule has 0 spiro atoms. The highest BCUT2D eigenvalue weighted by Gasteiger charge is 2.60. The molecule has 4 aliphatic rings. The van der Waals surface area contributed by atoms with Crippen LogP contribution in [0, 0.1) is 46.3 Å². The summed E-state index contributed by atoms with van der Waals surface area (Å²) in [5, 5.41) is 0. The van der Waals surface area contributed by atoms with E-state index in [0.29, 0.717) is 17.3 Å². The Labute approximate surface area is 173 Å². The molecule has 0 saturated heterocycles. The van der Waals surface area contributed by atoms with Crippen molar-refractivity contribution in [2.45, 2.75) is 104 Å². The van der Waals surface area contributed by atoms with Gasteiger partial charge in [0.25, 0.3) is 0 Å². The average Bonchev–Trinajstić information content (AvgIpc) is 3.03. The minimum absolute atomic E-state index is 0.0299. The summed E-state index contributed by atoms with van der Waals surface area (Å²) in [7, 11) is 1.52. The van der Waals surface area contributed by atoms with Gasteiger partial charge >= 0.3 is 5.97 Å². The number of carbonyl (C=O) groups excluding carboxylic acids is 1. The molecule has 0 aromatic heterocycles. The summed E-state index contributed by atoms with van der Waals surface area (Å²) in [6, 6.07) is 0. The molecule has 4 saturated carbocycles. The average molecular weight is 389 g/mol. The number of hydrogen-bond acceptors (Lipinski definition) is 2. The Morgan fingerprint density at radius 1 is 0.964 bits per heavy atom. The van der Waals surface area contributed by atoms with Crippen LogP contribution < -0.4 is 0 Å². The van der Waals surface area contributed by atoms with E-state index < -0.39 is 0 Å². The molecule has 4 aliphatic carbocycles. The normalized spacial score (nSPS) is 47.7. The molecule has 0 heterocycles. The minimum Gasteiger partial charge on any atom is -0.469 e. The number of fused-ring (bicyclic) bond motifs is 5. The van der Waals surface area contributed by atoms with Crippen molar-refractivity contribution in [3.8, 4) is 0 Å². The minimum atomic E-state index is -0.0299. The van der Waals surface area contributed by atoms with E-state index in [0.717, 1.165) is 41.9 Å². The van der Waals surface area contributed by atoms with E-state index in [2.05, 4.69) is 20.8 Å². The summed E-state index contributed by atoms with van der Waals surface area (Å²) in [6.45, 7) is 7.81. The second-order valence-corrected chi connectivity index (χ2v) is 11.4. The van der Waals surface area contributed by atoms with Gasteiger partial charge in [-0.25, -0.2) is 0 Å². The van der Waals surface area contributed by atoms with Crippen LogP contribution >= 0.6 is 0 Å². The summed E-state index contributed by atoms with van der Waals surface area (Å²) in [6.07, 6.45) is 17.5. The molecule has 0 aromatic rings. The van der Waals surface area contributed by atoms with Gasteiger partial charge in [-0.1, -0.05) is 40.0 Å². The number of methoxy groups -OCH3 is 1. The van der Waals surface area contributed by atoms with Crippen LogP contribution in [0.3, 0.4) is 0 Å². The summed E-state index contributed by atoms with van der Waals surface area (Å²) in [5.41, 5.74) is 1.17. The van der Waals surface area contributed by atoms with Crippen molar-refractivity contribution in [3.05, 3.63) is 0 Å². The largest absolute Gasteiger partial charge is 0.469 e. The highest BCUT2D eigenvalue weighted by atomic mass is 16.5. The lowest BCUT2D eigenvalue weighted by Gasteiger charge is -2.62. The fraction of sp³-hybridized carbons (Fsp3) is 0.962. The number of rotatable bonds is 5. The van der Waals surface area contributed by atoms with Gasteiger partial charge in [-0.3, -0.25) is 4.79 Å². The smallest absolute Gasteiger partial charge is 0.305 e. The Balaban J connectivity index is 1.50. The van der Waals surface area contributed by atoms with Crippen LogP contribution in [0.1, 0.15) is 104 Å². The summed E-state index contributed by atoms with van der Waals surface area (Å²) < 4.78 is 4.86. The Morgan fingerprint density at radius 3 is 2.50 bits per heavy atom. The van der Waals surface area contributed by atoms with E-state index in [-0.39, 0.29) is 5.97 Å². The molecule has 4 rings (SSSR count). The molecule has 0 aromatic carbocycles. The molecule has 2 heteroatoms. The highest BCUT2D eigenvalue weighted by molar-refractivity contribution is 5.68. The molecule has 0 N–H and O–H groups in total. The second-order valence-electron chi connectivity index (χ2n) is 11.4. The highest BCUT2D eigenvalue weighted by Crippen LogP contribution is 2.69. The van der Waals surface area contributed by atoms with Gasteiger partial charge in [-0.15, -0.1) is 0 Å². The molecule has 5 unspecified atom stereocenters. The topological polar surface area (TPSA) is 26.3 Å². The van der Waals surface area contributed by atoms with E-state index in [1.807, 2.05) is 0 Å². The van der Waals surface area contributed by atoms with E-state index in [4.69, 9.17) is 4.74 Å². The third-order valence-corrected chi connectivity index (χ3v) is 10.6. The third kappa shape index (κ3) is 3.25. The van der Waals surface area contributed by atoms with E-state index >= 15 is 0 Å². The molecule has 160 valence electrons. The first-order chi connectivity index (χ1) is 13.4. The van der Waals surface area contributed by atoms with Crippen molar-refractivity contribution < 1.29 is 9.53 Å². The molecular formula is C26H44O2. The summed E-state index contributed by atoms with van der Waals surface area (Å²) >= 11 is 0. The van der Waals surface area contributed by atoms with Crippen LogP contribution in [0.5, 0.6) is 0 Å². The molecule has 2 nitrogen and oxygen atoms in total. The lowest BCUT2D eigenvalue weighted by Crippen LogP contribution is -2.55. The maximum absolute atomic E-state index is 11.6. The zero-order valence-electron chi connectivity index (χ0n) is 19.0. The second kappa shape index (κ2) is 7.95. The quantitative estimate of drug-likeness (QED) is 0.473. The number of carbonyl (C=O) groups is 1. The van der Waals surface area contributed by atoms with Crippen LogP contribution in [0.25, 0.3) is 0 Å². The van der Waals surface area contributed by atoms with E-state index in [9.17, 15) is 4.79 Å². The Bertz CT molecular complexity index is 571. The first kappa shape index (κ1) is 20.7. The summed E-state index contributed by atoms with van der Waals surface area (Å²) in [4.78, 5) is 11.6. The number of esters is 1. The van der Waals surface area contributed by atoms with Gasteiger partial charge in [-0.05, 0) is 104 Å². The molecule has 0 bridgehead atoms. The van der Waals surface area contributed by atoms with Crippen LogP contribution in [-0.2, 0) is 9.53 Å². The Hall–Kier alpha value is -0.530. The number of ether oxygens (including phenoxy) is 1. The molecule has 0 amide bonds. The number of hydrogen-bond donors (Lipinski definition) is 0. The Morgan fingerprint density at radius 2 is 1.75 bits per heavy atom. The van der Waals surface area contributed by atoms with Crippen LogP contribution in [-0.4, -0.2) is 13.1 Å². The molecule has 28 heavy (non-hydrogen) atoms. The molecular weight excluding hydrogens is 344 g/mol. The van der Waals surface area contributed by atoms with Crippen molar-refractivity contribution in [3.63, 3.8) is 0 Å². The van der Waals surface area contributed by atoms with Crippen LogP contribution in [0.4, 0.5) is 0 Å². The molecule has 8 atom stereocenters. The molecule has 4 fully saturated rings. The zero-order valence-corrected chi connectivity index (χ0v) is 19.0. The SMILES string of the molecule is CC[C@H]1CC2[C@@H]3CCC(CCCC(=O)OC)C3(C)CC[C@@H]2C2(C)CCCCC12. The standard InChI is InChI=1S/C26H44O2/c1-5-18-17-20-22-13-12-19(9-8-11-24(27)28-4)25(22,2)16-14-23(20)26(3)15-7-6-10-21(18)26/h18-23H,5-17H2,1-4H3/t18-,19?,20?,21?,22-,23-,25?,26?/m0/s1. The van der Waals surface area contributed by atoms with Gasteiger partial charge in [-0.2, -0.15) is 0 Å². The van der Waals surface area contributed by atoms with Crippen molar-refractivity contribution in [1.29, 1.82) is 0 Å². The van der Waals surface area contributed by atoms with Gasteiger partial charge in [0.2, 0.25) is 0 Å². The molecule has 0 aliphatic heterocycles. The van der Waals surface area contributed by atoms with E-state index in [1.54, 1.807) is 0 Å². The van der Waals surface area contributed by atoms with Crippen molar-refractivity contribution in [2.75, 3.05) is 7.11 Å². The third-order valence-electron chi connectivity index (χ3n) is 10.6. The van der Waals surface area contributed by atoms with E-state index in [1.165, 1.54) is 77.7 Å². The van der Waals surface area contributed by atoms with Gasteiger partial charge in [0.1, 0.15) is 0 Å². The van der Waals surface area contributed by atoms with Gasteiger partial charge in [0.15, 0.2) is 0 Å². The first-order valence-electron chi connectivity index (χ1n) is 12.5. The van der Waals surface area contributed by atoms with Gasteiger partial charge < -0.3 is 4.74 Å². The van der Waals surface area contributed by atoms with Gasteiger partial charge in [0, 0.05) is 6.42 Å². The van der Waals surface area contributed by atoms with Gasteiger partial charge in [0.05, 0.1) is 7.11 Å². The lowest BCUT2D eigenvalue weighted by atomic mass is 9.42. The fourth-order valence-corrected chi connectivity index (χ4v) is 9.20. The van der Waals surface area contributed by atoms with Crippen LogP contribution in [0.2, 0.25) is 0 Å². The van der Waals surface area contributed by atoms with Crippen molar-refractivity contribution in [2.24, 2.45) is 46.3 Å². The van der Waals surface area contributed by atoms with Crippen LogP contribution in [0.15, 0.2) is 0 Å². The first-order valence-corrected chi connectivity index (χ1v) is 12.5. The zero-order chi connectivity index (χ0) is 19.9. The maximum atomic E-state index is 11.6. The monoisotopic (exact) mass is 388 g/mol. The predicted octanol–water partition coefficient (Wildman–Crippen LogP) is 7.01. The predicted molar refractivity (Wildman–Crippen MR) is 115 cm³/mol. The van der Waals surface area contributed by atoms with Crippen molar-refractivity contribution in [1.82, 2.24) is 0 Å². The maximum Gasteiger partial charge on any atom is 0.305 e. The molecule has 0 radical (unpaired) electrons.